The minimum atomic E-state index is 0.0762. The van der Waals surface area contributed by atoms with Gasteiger partial charge in [-0.1, -0.05) is 12.1 Å². The lowest BCUT2D eigenvalue weighted by atomic mass is 10.0. The lowest BCUT2D eigenvalue weighted by molar-refractivity contribution is 0.0654. The molecule has 1 atom stereocenters. The van der Waals surface area contributed by atoms with Gasteiger partial charge in [-0.3, -0.25) is 4.98 Å². The molecular formula is C14H16N2O2. The Labute approximate surface area is 106 Å². The Morgan fingerprint density at radius 3 is 3.17 bits per heavy atom. The number of fused-ring (bicyclic) bond motifs is 1. The molecule has 0 aliphatic carbocycles. The van der Waals surface area contributed by atoms with Gasteiger partial charge in [0.1, 0.15) is 11.3 Å². The summed E-state index contributed by atoms with van der Waals surface area (Å²) in [6.07, 6.45) is 2.75. The summed E-state index contributed by atoms with van der Waals surface area (Å²) in [6, 6.07) is 7.48. The predicted molar refractivity (Wildman–Crippen MR) is 69.6 cm³/mol. The molecule has 1 fully saturated rings. The molecule has 0 saturated carbocycles. The van der Waals surface area contributed by atoms with Crippen LogP contribution in [0.15, 0.2) is 30.5 Å². The quantitative estimate of drug-likeness (QED) is 0.805. The summed E-state index contributed by atoms with van der Waals surface area (Å²) >= 11 is 0. The van der Waals surface area contributed by atoms with E-state index >= 15 is 0 Å². The van der Waals surface area contributed by atoms with E-state index in [0.29, 0.717) is 12.1 Å². The number of pyridine rings is 1. The minimum absolute atomic E-state index is 0.0762. The van der Waals surface area contributed by atoms with E-state index in [1.807, 2.05) is 18.2 Å². The van der Waals surface area contributed by atoms with Gasteiger partial charge in [0.25, 0.3) is 0 Å². The fraction of sp³-hybridized carbons (Fsp3) is 0.357. The summed E-state index contributed by atoms with van der Waals surface area (Å²) in [5.41, 5.74) is 1.76. The van der Waals surface area contributed by atoms with Crippen molar-refractivity contribution < 1.29 is 9.84 Å². The molecule has 2 aromatic rings. The number of para-hydroxylation sites is 1. The molecule has 0 spiro atoms. The summed E-state index contributed by atoms with van der Waals surface area (Å²) in [4.78, 5) is 4.24. The minimum Gasteiger partial charge on any atom is -0.506 e. The van der Waals surface area contributed by atoms with Crippen molar-refractivity contribution in [3.8, 4) is 5.75 Å². The van der Waals surface area contributed by atoms with Crippen LogP contribution in [0.5, 0.6) is 5.75 Å². The average Bonchev–Trinajstić information content (AvgIpc) is 2.67. The highest BCUT2D eigenvalue weighted by atomic mass is 16.5. The molecule has 1 aromatic carbocycles. The molecule has 0 bridgehead atoms. The zero-order valence-electron chi connectivity index (χ0n) is 10.1. The lowest BCUT2D eigenvalue weighted by Crippen LogP contribution is -2.16. The van der Waals surface area contributed by atoms with E-state index in [1.165, 1.54) is 0 Å². The smallest absolute Gasteiger partial charge is 0.141 e. The van der Waals surface area contributed by atoms with Crippen LogP contribution in [0.4, 0.5) is 0 Å². The third-order valence-corrected chi connectivity index (χ3v) is 3.31. The van der Waals surface area contributed by atoms with Crippen molar-refractivity contribution in [2.24, 2.45) is 0 Å². The van der Waals surface area contributed by atoms with Gasteiger partial charge in [-0.05, 0) is 30.7 Å². The fourth-order valence-corrected chi connectivity index (χ4v) is 2.42. The summed E-state index contributed by atoms with van der Waals surface area (Å²) in [5, 5.41) is 14.1. The largest absolute Gasteiger partial charge is 0.506 e. The number of nitrogens with one attached hydrogen (secondary N) is 1. The molecule has 1 unspecified atom stereocenters. The normalized spacial score (nSPS) is 20.8. The fourth-order valence-electron chi connectivity index (χ4n) is 2.42. The third-order valence-electron chi connectivity index (χ3n) is 3.31. The standard InChI is InChI=1S/C14H16N2O2/c17-12-3-1-2-11-10(4-7-16-14(11)12)13-5-6-15-8-9-18-13/h1-4,7,13,15,17H,5-6,8-9H2. The Bertz CT molecular complexity index is 548. The van der Waals surface area contributed by atoms with Gasteiger partial charge in [0, 0.05) is 18.1 Å². The van der Waals surface area contributed by atoms with Crippen LogP contribution >= 0.6 is 0 Å². The van der Waals surface area contributed by atoms with E-state index in [4.69, 9.17) is 4.74 Å². The van der Waals surface area contributed by atoms with Crippen LogP contribution in [-0.2, 0) is 4.74 Å². The van der Waals surface area contributed by atoms with E-state index in [-0.39, 0.29) is 11.9 Å². The van der Waals surface area contributed by atoms with E-state index < -0.39 is 0 Å². The SMILES string of the molecule is Oc1cccc2c(C3CCNCCO3)ccnc12. The van der Waals surface area contributed by atoms with Crippen LogP contribution in [0.1, 0.15) is 18.1 Å². The number of nitrogens with zero attached hydrogens (tertiary/aromatic N) is 1. The second-order valence-electron chi connectivity index (χ2n) is 4.47. The van der Waals surface area contributed by atoms with Gasteiger partial charge in [0.15, 0.2) is 0 Å². The van der Waals surface area contributed by atoms with Crippen LogP contribution in [-0.4, -0.2) is 29.8 Å². The van der Waals surface area contributed by atoms with Gasteiger partial charge in [-0.25, -0.2) is 0 Å². The van der Waals surface area contributed by atoms with E-state index in [0.717, 1.165) is 30.5 Å². The highest BCUT2D eigenvalue weighted by Gasteiger charge is 2.17. The third kappa shape index (κ3) is 2.05. The van der Waals surface area contributed by atoms with E-state index in [2.05, 4.69) is 10.3 Å². The first kappa shape index (κ1) is 11.4. The summed E-state index contributed by atoms with van der Waals surface area (Å²) in [7, 11) is 0. The lowest BCUT2D eigenvalue weighted by Gasteiger charge is -2.17. The zero-order chi connectivity index (χ0) is 12.4. The number of phenolic OH excluding ortho intramolecular Hbond substituents is 1. The van der Waals surface area contributed by atoms with Crippen LogP contribution in [0.25, 0.3) is 10.9 Å². The first-order valence-corrected chi connectivity index (χ1v) is 6.25. The number of ether oxygens (including phenoxy) is 1. The van der Waals surface area contributed by atoms with Crippen molar-refractivity contribution in [2.75, 3.05) is 19.7 Å². The second kappa shape index (κ2) is 4.92. The Hall–Kier alpha value is -1.65. The summed E-state index contributed by atoms with van der Waals surface area (Å²) < 4.78 is 5.87. The molecule has 2 N–H and O–H groups in total. The number of rotatable bonds is 1. The van der Waals surface area contributed by atoms with Crippen LogP contribution in [0.3, 0.4) is 0 Å². The maximum atomic E-state index is 9.83. The molecule has 1 aromatic heterocycles. The maximum Gasteiger partial charge on any atom is 0.141 e. The first-order valence-electron chi connectivity index (χ1n) is 6.25. The molecule has 0 radical (unpaired) electrons. The van der Waals surface area contributed by atoms with Gasteiger partial charge < -0.3 is 15.2 Å². The van der Waals surface area contributed by atoms with E-state index in [1.54, 1.807) is 12.3 Å². The number of phenols is 1. The van der Waals surface area contributed by atoms with Crippen molar-refractivity contribution in [1.29, 1.82) is 0 Å². The van der Waals surface area contributed by atoms with Crippen LogP contribution in [0.2, 0.25) is 0 Å². The Kier molecular flexibility index (Phi) is 3.13. The van der Waals surface area contributed by atoms with E-state index in [9.17, 15) is 5.11 Å². The number of hydrogen-bond acceptors (Lipinski definition) is 4. The van der Waals surface area contributed by atoms with Crippen LogP contribution < -0.4 is 5.32 Å². The molecule has 18 heavy (non-hydrogen) atoms. The van der Waals surface area contributed by atoms with Crippen molar-refractivity contribution in [1.82, 2.24) is 10.3 Å². The summed E-state index contributed by atoms with van der Waals surface area (Å²) in [5.74, 6) is 0.223. The molecule has 1 aliphatic rings. The predicted octanol–water partition coefficient (Wildman–Crippen LogP) is 1.99. The van der Waals surface area contributed by atoms with Gasteiger partial charge in [-0.15, -0.1) is 0 Å². The molecule has 2 heterocycles. The molecule has 3 rings (SSSR count). The number of hydrogen-bond donors (Lipinski definition) is 2. The molecular weight excluding hydrogens is 228 g/mol. The zero-order valence-corrected chi connectivity index (χ0v) is 10.1. The van der Waals surface area contributed by atoms with Crippen molar-refractivity contribution in [3.63, 3.8) is 0 Å². The number of benzene rings is 1. The molecule has 1 saturated heterocycles. The van der Waals surface area contributed by atoms with Crippen molar-refractivity contribution in [2.45, 2.75) is 12.5 Å². The molecule has 94 valence electrons. The second-order valence-corrected chi connectivity index (χ2v) is 4.47. The average molecular weight is 244 g/mol. The Morgan fingerprint density at radius 1 is 1.28 bits per heavy atom. The van der Waals surface area contributed by atoms with Gasteiger partial charge in [0.2, 0.25) is 0 Å². The van der Waals surface area contributed by atoms with Crippen molar-refractivity contribution in [3.05, 3.63) is 36.0 Å². The van der Waals surface area contributed by atoms with Crippen LogP contribution in [0, 0.1) is 0 Å². The monoisotopic (exact) mass is 244 g/mol. The maximum absolute atomic E-state index is 9.83. The Morgan fingerprint density at radius 2 is 2.22 bits per heavy atom. The highest BCUT2D eigenvalue weighted by molar-refractivity contribution is 5.87. The molecule has 4 nitrogen and oxygen atoms in total. The van der Waals surface area contributed by atoms with Crippen molar-refractivity contribution >= 4 is 10.9 Å². The molecule has 0 amide bonds. The molecule has 4 heteroatoms. The van der Waals surface area contributed by atoms with Gasteiger partial charge in [0.05, 0.1) is 12.7 Å². The van der Waals surface area contributed by atoms with Gasteiger partial charge >= 0.3 is 0 Å². The topological polar surface area (TPSA) is 54.4 Å². The van der Waals surface area contributed by atoms with Gasteiger partial charge in [-0.2, -0.15) is 0 Å². The number of aromatic nitrogens is 1. The first-order chi connectivity index (χ1) is 8.86. The Balaban J connectivity index is 2.08. The highest BCUT2D eigenvalue weighted by Crippen LogP contribution is 2.31. The molecule has 1 aliphatic heterocycles. The summed E-state index contributed by atoms with van der Waals surface area (Å²) in [6.45, 7) is 2.56. The number of aromatic hydroxyl groups is 1.